The van der Waals surface area contributed by atoms with E-state index in [1.165, 1.54) is 18.4 Å². The van der Waals surface area contributed by atoms with Crippen molar-refractivity contribution in [2.45, 2.75) is 20.8 Å². The van der Waals surface area contributed by atoms with E-state index >= 15 is 0 Å². The lowest BCUT2D eigenvalue weighted by Crippen LogP contribution is -2.14. The number of rotatable bonds is 6. The van der Waals surface area contributed by atoms with Crippen molar-refractivity contribution < 1.29 is 19.1 Å². The molecular formula is C23H23NO4S. The Morgan fingerprint density at radius 1 is 1.07 bits per heavy atom. The van der Waals surface area contributed by atoms with Crippen molar-refractivity contribution in [2.75, 3.05) is 19.0 Å². The van der Waals surface area contributed by atoms with Crippen molar-refractivity contribution in [3.8, 4) is 16.9 Å². The van der Waals surface area contributed by atoms with Gasteiger partial charge in [0.25, 0.3) is 5.91 Å². The van der Waals surface area contributed by atoms with Gasteiger partial charge in [-0.05, 0) is 50.1 Å². The van der Waals surface area contributed by atoms with E-state index in [0.717, 1.165) is 22.3 Å². The quantitative estimate of drug-likeness (QED) is 0.548. The Morgan fingerprint density at radius 3 is 2.59 bits per heavy atom. The molecule has 0 aliphatic rings. The highest BCUT2D eigenvalue weighted by atomic mass is 32.1. The molecular weight excluding hydrogens is 386 g/mol. The second kappa shape index (κ2) is 8.92. The summed E-state index contributed by atoms with van der Waals surface area (Å²) in [6, 6.07) is 13.0. The summed E-state index contributed by atoms with van der Waals surface area (Å²) < 4.78 is 10.5. The van der Waals surface area contributed by atoms with E-state index in [2.05, 4.69) is 5.32 Å². The first-order valence-electron chi connectivity index (χ1n) is 9.26. The molecule has 0 fully saturated rings. The number of anilines is 1. The maximum absolute atomic E-state index is 12.8. The molecule has 0 radical (unpaired) electrons. The summed E-state index contributed by atoms with van der Waals surface area (Å²) in [7, 11) is 1.34. The SMILES string of the molecule is CCOc1cccc(C(=O)Nc2scc(-c3cc(C)ccc3C)c2C(=O)OC)c1. The van der Waals surface area contributed by atoms with Gasteiger partial charge in [-0.1, -0.05) is 29.8 Å². The number of carbonyl (C=O) groups excluding carboxylic acids is 2. The van der Waals surface area contributed by atoms with Gasteiger partial charge in [0.2, 0.25) is 0 Å². The minimum Gasteiger partial charge on any atom is -0.494 e. The monoisotopic (exact) mass is 409 g/mol. The Bertz CT molecular complexity index is 1050. The highest BCUT2D eigenvalue weighted by molar-refractivity contribution is 7.15. The molecule has 29 heavy (non-hydrogen) atoms. The highest BCUT2D eigenvalue weighted by Crippen LogP contribution is 2.38. The van der Waals surface area contributed by atoms with E-state index in [-0.39, 0.29) is 5.91 Å². The summed E-state index contributed by atoms with van der Waals surface area (Å²) in [6.07, 6.45) is 0. The summed E-state index contributed by atoms with van der Waals surface area (Å²) in [5.41, 5.74) is 4.64. The van der Waals surface area contributed by atoms with Crippen LogP contribution in [0.15, 0.2) is 47.8 Å². The van der Waals surface area contributed by atoms with E-state index < -0.39 is 5.97 Å². The maximum Gasteiger partial charge on any atom is 0.341 e. The maximum atomic E-state index is 12.8. The molecule has 0 saturated heterocycles. The number of carbonyl (C=O) groups is 2. The van der Waals surface area contributed by atoms with Crippen LogP contribution in [0.3, 0.4) is 0 Å². The van der Waals surface area contributed by atoms with Crippen molar-refractivity contribution in [3.63, 3.8) is 0 Å². The Kier molecular flexibility index (Phi) is 6.34. The van der Waals surface area contributed by atoms with Crippen LogP contribution in [0.2, 0.25) is 0 Å². The zero-order valence-electron chi connectivity index (χ0n) is 16.9. The Hall–Kier alpha value is -3.12. The van der Waals surface area contributed by atoms with Crippen LogP contribution in [0.25, 0.3) is 11.1 Å². The fourth-order valence-corrected chi connectivity index (χ4v) is 3.99. The third-order valence-corrected chi connectivity index (χ3v) is 5.39. The van der Waals surface area contributed by atoms with Gasteiger partial charge in [0, 0.05) is 16.5 Å². The summed E-state index contributed by atoms with van der Waals surface area (Å²) in [4.78, 5) is 25.3. The molecule has 0 aliphatic heterocycles. The first-order valence-corrected chi connectivity index (χ1v) is 10.1. The fraction of sp³-hybridized carbons (Fsp3) is 0.217. The molecule has 150 valence electrons. The summed E-state index contributed by atoms with van der Waals surface area (Å²) in [5, 5.41) is 5.19. The predicted molar refractivity (Wildman–Crippen MR) is 116 cm³/mol. The van der Waals surface area contributed by atoms with Crippen molar-refractivity contribution in [3.05, 3.63) is 70.1 Å². The Morgan fingerprint density at radius 2 is 1.86 bits per heavy atom. The first-order chi connectivity index (χ1) is 13.9. The lowest BCUT2D eigenvalue weighted by Gasteiger charge is -2.11. The molecule has 5 nitrogen and oxygen atoms in total. The molecule has 1 heterocycles. The minimum absolute atomic E-state index is 0.314. The van der Waals surface area contributed by atoms with Gasteiger partial charge in [0.1, 0.15) is 16.3 Å². The average molecular weight is 410 g/mol. The van der Waals surface area contributed by atoms with Crippen LogP contribution in [-0.4, -0.2) is 25.6 Å². The molecule has 6 heteroatoms. The molecule has 2 aromatic carbocycles. The van der Waals surface area contributed by atoms with Crippen molar-refractivity contribution in [1.29, 1.82) is 0 Å². The van der Waals surface area contributed by atoms with E-state index in [0.29, 0.717) is 28.5 Å². The van der Waals surface area contributed by atoms with Gasteiger partial charge in [-0.25, -0.2) is 4.79 Å². The molecule has 0 aliphatic carbocycles. The molecule has 0 atom stereocenters. The van der Waals surface area contributed by atoms with Gasteiger partial charge in [0.05, 0.1) is 13.7 Å². The van der Waals surface area contributed by atoms with Gasteiger partial charge >= 0.3 is 5.97 Å². The Labute approximate surface area is 174 Å². The largest absolute Gasteiger partial charge is 0.494 e. The van der Waals surface area contributed by atoms with Gasteiger partial charge in [0.15, 0.2) is 0 Å². The standard InChI is InChI=1S/C23H23NO4S/c1-5-28-17-8-6-7-16(12-17)21(25)24-22-20(23(26)27-4)19(13-29-22)18-11-14(2)9-10-15(18)3/h6-13H,5H2,1-4H3,(H,24,25). The third kappa shape index (κ3) is 4.49. The van der Waals surface area contributed by atoms with E-state index in [1.807, 2.05) is 44.4 Å². The number of nitrogens with one attached hydrogen (secondary N) is 1. The van der Waals surface area contributed by atoms with Crippen molar-refractivity contribution in [1.82, 2.24) is 0 Å². The number of ether oxygens (including phenoxy) is 2. The number of amides is 1. The lowest BCUT2D eigenvalue weighted by molar-refractivity contribution is 0.0603. The molecule has 3 rings (SSSR count). The molecule has 1 N–H and O–H groups in total. The number of hydrogen-bond donors (Lipinski definition) is 1. The first kappa shape index (κ1) is 20.6. The van der Waals surface area contributed by atoms with Crippen LogP contribution >= 0.6 is 11.3 Å². The number of benzene rings is 2. The average Bonchev–Trinajstić information content (AvgIpc) is 3.13. The van der Waals surface area contributed by atoms with Gasteiger partial charge in [-0.2, -0.15) is 0 Å². The van der Waals surface area contributed by atoms with Gasteiger partial charge in [-0.3, -0.25) is 4.79 Å². The van der Waals surface area contributed by atoms with E-state index in [4.69, 9.17) is 9.47 Å². The molecule has 0 saturated carbocycles. The summed E-state index contributed by atoms with van der Waals surface area (Å²) in [6.45, 7) is 6.39. The lowest BCUT2D eigenvalue weighted by atomic mass is 9.97. The van der Waals surface area contributed by atoms with E-state index in [9.17, 15) is 9.59 Å². The Balaban J connectivity index is 1.99. The molecule has 1 aromatic heterocycles. The number of hydrogen-bond acceptors (Lipinski definition) is 5. The zero-order valence-corrected chi connectivity index (χ0v) is 17.7. The summed E-state index contributed by atoms with van der Waals surface area (Å²) in [5.74, 6) is -0.179. The molecule has 0 bridgehead atoms. The highest BCUT2D eigenvalue weighted by Gasteiger charge is 2.23. The van der Waals surface area contributed by atoms with Crippen molar-refractivity contribution in [2.24, 2.45) is 0 Å². The third-order valence-electron chi connectivity index (χ3n) is 4.50. The van der Waals surface area contributed by atoms with Crippen LogP contribution in [0.5, 0.6) is 5.75 Å². The van der Waals surface area contributed by atoms with Crippen molar-refractivity contribution >= 4 is 28.2 Å². The van der Waals surface area contributed by atoms with Crippen LogP contribution in [0.1, 0.15) is 38.8 Å². The van der Waals surface area contributed by atoms with Crippen LogP contribution in [-0.2, 0) is 4.74 Å². The van der Waals surface area contributed by atoms with E-state index in [1.54, 1.807) is 24.3 Å². The predicted octanol–water partition coefficient (Wildman–Crippen LogP) is 5.47. The molecule has 1 amide bonds. The summed E-state index contributed by atoms with van der Waals surface area (Å²) >= 11 is 1.30. The number of esters is 1. The smallest absolute Gasteiger partial charge is 0.341 e. The van der Waals surface area contributed by atoms with Crippen LogP contribution in [0.4, 0.5) is 5.00 Å². The van der Waals surface area contributed by atoms with Crippen LogP contribution in [0, 0.1) is 13.8 Å². The fourth-order valence-electron chi connectivity index (χ4n) is 3.05. The number of methoxy groups -OCH3 is 1. The van der Waals surface area contributed by atoms with Crippen LogP contribution < -0.4 is 10.1 Å². The minimum atomic E-state index is -0.486. The second-order valence-electron chi connectivity index (χ2n) is 6.58. The number of thiophene rings is 1. The van der Waals surface area contributed by atoms with Gasteiger partial charge < -0.3 is 14.8 Å². The molecule has 0 spiro atoms. The van der Waals surface area contributed by atoms with Gasteiger partial charge in [-0.15, -0.1) is 11.3 Å². The zero-order chi connectivity index (χ0) is 21.0. The number of aryl methyl sites for hydroxylation is 2. The molecule has 0 unspecified atom stereocenters. The second-order valence-corrected chi connectivity index (χ2v) is 7.46. The molecule has 3 aromatic rings. The topological polar surface area (TPSA) is 64.6 Å². The normalized spacial score (nSPS) is 10.5.